The van der Waals surface area contributed by atoms with Crippen LogP contribution in [0.3, 0.4) is 0 Å². The van der Waals surface area contributed by atoms with Crippen LogP contribution in [0.5, 0.6) is 5.75 Å². The minimum absolute atomic E-state index is 0.239. The Labute approximate surface area is 125 Å². The maximum atomic E-state index is 5.84. The molecular formula is C17H22N2O2. The Morgan fingerprint density at radius 2 is 1.90 bits per heavy atom. The van der Waals surface area contributed by atoms with Crippen LogP contribution in [0, 0.1) is 6.92 Å². The average Bonchev–Trinajstić information content (AvgIpc) is 2.44. The molecule has 2 aromatic rings. The summed E-state index contributed by atoms with van der Waals surface area (Å²) in [6.07, 6.45) is 0.478. The molecule has 1 saturated heterocycles. The summed E-state index contributed by atoms with van der Waals surface area (Å²) < 4.78 is 11.2. The summed E-state index contributed by atoms with van der Waals surface area (Å²) in [5.74, 6) is 0.865. The van der Waals surface area contributed by atoms with Crippen LogP contribution in [-0.2, 0) is 4.74 Å². The van der Waals surface area contributed by atoms with Crippen molar-refractivity contribution >= 4 is 16.6 Å². The van der Waals surface area contributed by atoms with Gasteiger partial charge in [0.2, 0.25) is 0 Å². The first-order chi connectivity index (χ1) is 10.1. The van der Waals surface area contributed by atoms with Crippen LogP contribution >= 0.6 is 0 Å². The van der Waals surface area contributed by atoms with Gasteiger partial charge in [0.05, 0.1) is 24.8 Å². The number of hydrogen-bond donors (Lipinski definition) is 0. The second-order valence-corrected chi connectivity index (χ2v) is 5.83. The maximum absolute atomic E-state index is 5.84. The Morgan fingerprint density at radius 1 is 1.19 bits per heavy atom. The lowest BCUT2D eigenvalue weighted by atomic mass is 10.1. The number of hydrogen-bond acceptors (Lipinski definition) is 4. The Bertz CT molecular complexity index is 647. The molecule has 0 radical (unpaired) electrons. The standard InChI is InChI=1S/C17H22N2O2/c1-11-7-17(19-9-12(2)21-13(3)10-19)15-8-14(20-4)5-6-16(15)18-11/h5-8,12-13H,9-10H2,1-4H3/t12-,13-/m1/s1. The number of pyridine rings is 1. The van der Waals surface area contributed by atoms with E-state index in [0.29, 0.717) is 0 Å². The molecule has 4 nitrogen and oxygen atoms in total. The van der Waals surface area contributed by atoms with E-state index in [9.17, 15) is 0 Å². The van der Waals surface area contributed by atoms with Gasteiger partial charge < -0.3 is 14.4 Å². The van der Waals surface area contributed by atoms with Gasteiger partial charge in [-0.1, -0.05) is 0 Å². The third-order valence-corrected chi connectivity index (χ3v) is 3.88. The fourth-order valence-corrected chi connectivity index (χ4v) is 3.08. The highest BCUT2D eigenvalue weighted by Gasteiger charge is 2.24. The number of rotatable bonds is 2. The number of morpholine rings is 1. The highest BCUT2D eigenvalue weighted by Crippen LogP contribution is 2.31. The molecule has 112 valence electrons. The topological polar surface area (TPSA) is 34.6 Å². The lowest BCUT2D eigenvalue weighted by molar-refractivity contribution is -0.00513. The molecule has 1 aromatic heterocycles. The smallest absolute Gasteiger partial charge is 0.119 e. The van der Waals surface area contributed by atoms with Gasteiger partial charge in [-0.25, -0.2) is 0 Å². The minimum atomic E-state index is 0.239. The number of methoxy groups -OCH3 is 1. The predicted octanol–water partition coefficient (Wildman–Crippen LogP) is 3.17. The van der Waals surface area contributed by atoms with Gasteiger partial charge in [0.25, 0.3) is 0 Å². The largest absolute Gasteiger partial charge is 0.497 e. The fourth-order valence-electron chi connectivity index (χ4n) is 3.08. The number of benzene rings is 1. The van der Waals surface area contributed by atoms with E-state index in [1.165, 1.54) is 5.69 Å². The quantitative estimate of drug-likeness (QED) is 0.849. The van der Waals surface area contributed by atoms with E-state index in [1.54, 1.807) is 7.11 Å². The number of nitrogens with zero attached hydrogens (tertiary/aromatic N) is 2. The monoisotopic (exact) mass is 286 g/mol. The summed E-state index contributed by atoms with van der Waals surface area (Å²) in [7, 11) is 1.70. The first-order valence-electron chi connectivity index (χ1n) is 7.42. The van der Waals surface area contributed by atoms with E-state index in [2.05, 4.69) is 35.9 Å². The molecule has 0 spiro atoms. The first-order valence-corrected chi connectivity index (χ1v) is 7.42. The summed E-state index contributed by atoms with van der Waals surface area (Å²) in [4.78, 5) is 7.03. The molecule has 3 rings (SSSR count). The van der Waals surface area contributed by atoms with Gasteiger partial charge in [-0.2, -0.15) is 0 Å². The Kier molecular flexibility index (Phi) is 3.72. The number of aryl methyl sites for hydroxylation is 1. The molecule has 1 aromatic carbocycles. The van der Waals surface area contributed by atoms with Crippen molar-refractivity contribution in [1.82, 2.24) is 4.98 Å². The molecule has 0 amide bonds. The van der Waals surface area contributed by atoms with Gasteiger partial charge in [-0.3, -0.25) is 4.98 Å². The molecule has 21 heavy (non-hydrogen) atoms. The van der Waals surface area contributed by atoms with E-state index in [1.807, 2.05) is 19.1 Å². The highest BCUT2D eigenvalue weighted by atomic mass is 16.5. The summed E-state index contributed by atoms with van der Waals surface area (Å²) in [6.45, 7) is 8.10. The van der Waals surface area contributed by atoms with Crippen molar-refractivity contribution in [2.45, 2.75) is 33.0 Å². The average molecular weight is 286 g/mol. The third kappa shape index (κ3) is 2.81. The van der Waals surface area contributed by atoms with Crippen molar-refractivity contribution < 1.29 is 9.47 Å². The van der Waals surface area contributed by atoms with E-state index >= 15 is 0 Å². The third-order valence-electron chi connectivity index (χ3n) is 3.88. The Hall–Kier alpha value is -1.81. The molecule has 0 aliphatic carbocycles. The second kappa shape index (κ2) is 5.53. The zero-order valence-corrected chi connectivity index (χ0v) is 13.1. The van der Waals surface area contributed by atoms with Gasteiger partial charge in [0.1, 0.15) is 5.75 Å². The van der Waals surface area contributed by atoms with Crippen molar-refractivity contribution in [3.63, 3.8) is 0 Å². The first kappa shape index (κ1) is 14.1. The molecule has 0 bridgehead atoms. The highest BCUT2D eigenvalue weighted by molar-refractivity contribution is 5.93. The van der Waals surface area contributed by atoms with Crippen molar-refractivity contribution in [1.29, 1.82) is 0 Å². The van der Waals surface area contributed by atoms with Crippen molar-refractivity contribution in [3.8, 4) is 5.75 Å². The number of aromatic nitrogens is 1. The molecule has 1 fully saturated rings. The van der Waals surface area contributed by atoms with Crippen molar-refractivity contribution in [2.24, 2.45) is 0 Å². The summed E-state index contributed by atoms with van der Waals surface area (Å²) in [5.41, 5.74) is 3.27. The number of anilines is 1. The molecule has 4 heteroatoms. The molecule has 0 unspecified atom stereocenters. The lowest BCUT2D eigenvalue weighted by Crippen LogP contribution is -2.45. The minimum Gasteiger partial charge on any atom is -0.497 e. The van der Waals surface area contributed by atoms with Crippen LogP contribution in [0.15, 0.2) is 24.3 Å². The van der Waals surface area contributed by atoms with Crippen LogP contribution in [-0.4, -0.2) is 37.4 Å². The predicted molar refractivity (Wildman–Crippen MR) is 85.3 cm³/mol. The summed E-state index contributed by atoms with van der Waals surface area (Å²) >= 11 is 0. The van der Waals surface area contributed by atoms with Crippen molar-refractivity contribution in [2.75, 3.05) is 25.1 Å². The molecule has 1 aliphatic heterocycles. The van der Waals surface area contributed by atoms with E-state index in [-0.39, 0.29) is 12.2 Å². The van der Waals surface area contributed by atoms with Crippen LogP contribution in [0.1, 0.15) is 19.5 Å². The molecule has 0 N–H and O–H groups in total. The SMILES string of the molecule is COc1ccc2nc(C)cc(N3C[C@@H](C)O[C@H](C)C3)c2c1. The molecule has 0 saturated carbocycles. The Balaban J connectivity index is 2.11. The van der Waals surface area contributed by atoms with Crippen LogP contribution in [0.25, 0.3) is 10.9 Å². The van der Waals surface area contributed by atoms with Crippen LogP contribution in [0.4, 0.5) is 5.69 Å². The summed E-state index contributed by atoms with van der Waals surface area (Å²) in [6, 6.07) is 8.22. The molecular weight excluding hydrogens is 264 g/mol. The van der Waals surface area contributed by atoms with Gasteiger partial charge in [-0.05, 0) is 45.0 Å². The maximum Gasteiger partial charge on any atom is 0.119 e. The van der Waals surface area contributed by atoms with E-state index in [0.717, 1.165) is 35.4 Å². The second-order valence-electron chi connectivity index (χ2n) is 5.83. The number of fused-ring (bicyclic) bond motifs is 1. The zero-order chi connectivity index (χ0) is 15.0. The molecule has 1 aliphatic rings. The molecule has 2 heterocycles. The van der Waals surface area contributed by atoms with Gasteiger partial charge in [0.15, 0.2) is 0 Å². The van der Waals surface area contributed by atoms with E-state index < -0.39 is 0 Å². The van der Waals surface area contributed by atoms with Crippen molar-refractivity contribution in [3.05, 3.63) is 30.0 Å². The van der Waals surface area contributed by atoms with Gasteiger partial charge >= 0.3 is 0 Å². The van der Waals surface area contributed by atoms with E-state index in [4.69, 9.17) is 9.47 Å². The van der Waals surface area contributed by atoms with Gasteiger partial charge in [0, 0.05) is 29.9 Å². The fraction of sp³-hybridized carbons (Fsp3) is 0.471. The van der Waals surface area contributed by atoms with Crippen LogP contribution < -0.4 is 9.64 Å². The number of ether oxygens (including phenoxy) is 2. The summed E-state index contributed by atoms with van der Waals surface area (Å²) in [5, 5.41) is 1.14. The Morgan fingerprint density at radius 3 is 2.57 bits per heavy atom. The normalized spacial score (nSPS) is 22.6. The van der Waals surface area contributed by atoms with Gasteiger partial charge in [-0.15, -0.1) is 0 Å². The lowest BCUT2D eigenvalue weighted by Gasteiger charge is -2.37. The molecule has 2 atom stereocenters. The zero-order valence-electron chi connectivity index (χ0n) is 13.1. The van der Waals surface area contributed by atoms with Crippen LogP contribution in [0.2, 0.25) is 0 Å².